The van der Waals surface area contributed by atoms with Crippen molar-refractivity contribution < 1.29 is 4.79 Å². The van der Waals surface area contributed by atoms with Gasteiger partial charge in [0.05, 0.1) is 17.3 Å². The van der Waals surface area contributed by atoms with Crippen LogP contribution in [0.1, 0.15) is 31.5 Å². The summed E-state index contributed by atoms with van der Waals surface area (Å²) in [5.74, 6) is 0.0687. The van der Waals surface area contributed by atoms with Crippen molar-refractivity contribution in [2.24, 2.45) is 0 Å². The van der Waals surface area contributed by atoms with E-state index in [2.05, 4.69) is 29.1 Å². The van der Waals surface area contributed by atoms with Gasteiger partial charge in [-0.2, -0.15) is 5.10 Å². The summed E-state index contributed by atoms with van der Waals surface area (Å²) in [6.45, 7) is 4.79. The van der Waals surface area contributed by atoms with E-state index in [-0.39, 0.29) is 5.91 Å². The van der Waals surface area contributed by atoms with Crippen LogP contribution < -0.4 is 0 Å². The van der Waals surface area contributed by atoms with Gasteiger partial charge < -0.3 is 4.90 Å². The Morgan fingerprint density at radius 3 is 2.50 bits per heavy atom. The number of benzene rings is 2. The summed E-state index contributed by atoms with van der Waals surface area (Å²) in [6, 6.07) is 19.6. The van der Waals surface area contributed by atoms with Gasteiger partial charge in [0.15, 0.2) is 5.65 Å². The van der Waals surface area contributed by atoms with E-state index < -0.39 is 5.41 Å². The number of carbonyl (C=O) groups excluding carboxylic acids is 1. The number of amides is 1. The maximum atomic E-state index is 13.8. The summed E-state index contributed by atoms with van der Waals surface area (Å²) in [4.78, 5) is 20.2. The van der Waals surface area contributed by atoms with Crippen molar-refractivity contribution in [3.05, 3.63) is 89.3 Å². The molecule has 0 aliphatic heterocycles. The van der Waals surface area contributed by atoms with Gasteiger partial charge in [-0.1, -0.05) is 61.0 Å². The molecule has 1 unspecified atom stereocenters. The Morgan fingerprint density at radius 1 is 1.09 bits per heavy atom. The average Bonchev–Trinajstić information content (AvgIpc) is 3.24. The summed E-state index contributed by atoms with van der Waals surface area (Å²) in [7, 11) is 1.87. The van der Waals surface area contributed by atoms with Gasteiger partial charge in [-0.3, -0.25) is 4.79 Å². The lowest BCUT2D eigenvalue weighted by Gasteiger charge is -2.33. The van der Waals surface area contributed by atoms with Crippen LogP contribution in [0.5, 0.6) is 0 Å². The third kappa shape index (κ3) is 4.13. The second-order valence-corrected chi connectivity index (χ2v) is 8.79. The largest absolute Gasteiger partial charge is 0.345 e. The summed E-state index contributed by atoms with van der Waals surface area (Å²) < 4.78 is 1.81. The predicted octanol–water partition coefficient (Wildman–Crippen LogP) is 5.42. The molecular formula is C26H27ClN4O. The topological polar surface area (TPSA) is 50.5 Å². The van der Waals surface area contributed by atoms with Crippen LogP contribution >= 0.6 is 11.6 Å². The molecule has 0 spiro atoms. The maximum absolute atomic E-state index is 13.8. The van der Waals surface area contributed by atoms with Crippen molar-refractivity contribution in [1.82, 2.24) is 19.5 Å². The van der Waals surface area contributed by atoms with E-state index in [1.165, 1.54) is 0 Å². The molecule has 2 aromatic carbocycles. The highest BCUT2D eigenvalue weighted by atomic mass is 35.5. The third-order valence-electron chi connectivity index (χ3n) is 5.90. The molecule has 0 fully saturated rings. The molecule has 0 saturated heterocycles. The number of nitrogens with zero attached hydrogens (tertiary/aromatic N) is 4. The highest BCUT2D eigenvalue weighted by Crippen LogP contribution is 2.33. The van der Waals surface area contributed by atoms with Crippen LogP contribution in [0.25, 0.3) is 16.8 Å². The van der Waals surface area contributed by atoms with E-state index in [0.29, 0.717) is 18.0 Å². The number of carbonyl (C=O) groups is 1. The average molecular weight is 447 g/mol. The monoisotopic (exact) mass is 446 g/mol. The quantitative estimate of drug-likeness (QED) is 0.381. The second-order valence-electron chi connectivity index (χ2n) is 8.35. The Bertz CT molecular complexity index is 1220. The van der Waals surface area contributed by atoms with Gasteiger partial charge in [0.1, 0.15) is 0 Å². The minimum absolute atomic E-state index is 0.0687. The molecule has 4 rings (SSSR count). The Labute approximate surface area is 193 Å². The van der Waals surface area contributed by atoms with Crippen molar-refractivity contribution in [2.75, 3.05) is 13.6 Å². The van der Waals surface area contributed by atoms with Crippen LogP contribution in [-0.2, 0) is 16.6 Å². The first kappa shape index (κ1) is 22.0. The van der Waals surface area contributed by atoms with Gasteiger partial charge in [-0.05, 0) is 49.1 Å². The highest BCUT2D eigenvalue weighted by molar-refractivity contribution is 6.30. The second kappa shape index (κ2) is 9.13. The Balaban J connectivity index is 1.86. The fourth-order valence-corrected chi connectivity index (χ4v) is 4.41. The van der Waals surface area contributed by atoms with E-state index in [9.17, 15) is 4.79 Å². The summed E-state index contributed by atoms with van der Waals surface area (Å²) in [5, 5.41) is 5.34. The number of halogens is 1. The van der Waals surface area contributed by atoms with Crippen LogP contribution in [0.4, 0.5) is 0 Å². The van der Waals surface area contributed by atoms with Crippen LogP contribution in [0, 0.1) is 0 Å². The van der Waals surface area contributed by atoms with Crippen LogP contribution in [0.2, 0.25) is 5.02 Å². The zero-order chi connectivity index (χ0) is 22.7. The lowest BCUT2D eigenvalue weighted by Crippen LogP contribution is -2.46. The van der Waals surface area contributed by atoms with Gasteiger partial charge in [-0.15, -0.1) is 0 Å². The molecule has 164 valence electrons. The van der Waals surface area contributed by atoms with E-state index >= 15 is 0 Å². The van der Waals surface area contributed by atoms with Crippen molar-refractivity contribution in [3.8, 4) is 11.1 Å². The van der Waals surface area contributed by atoms with E-state index in [0.717, 1.165) is 34.5 Å². The molecule has 0 saturated carbocycles. The Kier molecular flexibility index (Phi) is 6.28. The minimum atomic E-state index is -0.810. The van der Waals surface area contributed by atoms with Gasteiger partial charge in [0, 0.05) is 30.4 Å². The molecule has 2 heterocycles. The van der Waals surface area contributed by atoms with E-state index in [1.54, 1.807) is 12.4 Å². The smallest absolute Gasteiger partial charge is 0.234 e. The lowest BCUT2D eigenvalue weighted by molar-refractivity contribution is -0.135. The number of rotatable bonds is 7. The van der Waals surface area contributed by atoms with Crippen LogP contribution in [0.3, 0.4) is 0 Å². The van der Waals surface area contributed by atoms with Gasteiger partial charge in [0.25, 0.3) is 0 Å². The Hall–Kier alpha value is -3.18. The fraction of sp³-hybridized carbons (Fsp3) is 0.269. The summed E-state index contributed by atoms with van der Waals surface area (Å²) >= 11 is 6.06. The van der Waals surface area contributed by atoms with Crippen molar-refractivity contribution in [2.45, 2.75) is 32.1 Å². The Morgan fingerprint density at radius 2 is 1.81 bits per heavy atom. The first-order valence-electron chi connectivity index (χ1n) is 10.8. The van der Waals surface area contributed by atoms with Gasteiger partial charge in [-0.25, -0.2) is 9.50 Å². The van der Waals surface area contributed by atoms with Crippen molar-refractivity contribution in [3.63, 3.8) is 0 Å². The third-order valence-corrected chi connectivity index (χ3v) is 6.15. The molecule has 0 aliphatic rings. The molecule has 1 atom stereocenters. The predicted molar refractivity (Wildman–Crippen MR) is 129 cm³/mol. The maximum Gasteiger partial charge on any atom is 0.234 e. The minimum Gasteiger partial charge on any atom is -0.345 e. The summed E-state index contributed by atoms with van der Waals surface area (Å²) in [5.41, 5.74) is 3.71. The fourth-order valence-electron chi connectivity index (χ4n) is 4.28. The highest BCUT2D eigenvalue weighted by Gasteiger charge is 2.40. The van der Waals surface area contributed by atoms with E-state index in [4.69, 9.17) is 11.6 Å². The molecule has 0 bridgehead atoms. The van der Waals surface area contributed by atoms with Crippen LogP contribution in [-0.4, -0.2) is 39.0 Å². The standard InChI is InChI=1S/C26H27ClN4O/c1-4-16-30(3)25(32)26(2,17-19-8-6-5-7-9-19)23-14-15-28-24-22(18-29-31(23)24)20-10-12-21(27)13-11-20/h5-15,18H,4,16-17H2,1-3H3. The SMILES string of the molecule is CCCN(C)C(=O)C(C)(Cc1ccccc1)c1ccnc2c(-c3ccc(Cl)cc3)cnn12. The number of likely N-dealkylation sites (N-methyl/N-ethyl adjacent to an activating group) is 1. The van der Waals surface area contributed by atoms with Crippen molar-refractivity contribution >= 4 is 23.2 Å². The molecular weight excluding hydrogens is 420 g/mol. The number of fused-ring (bicyclic) bond motifs is 1. The molecule has 0 radical (unpaired) electrons. The van der Waals surface area contributed by atoms with Crippen molar-refractivity contribution in [1.29, 1.82) is 0 Å². The molecule has 1 amide bonds. The molecule has 0 N–H and O–H groups in total. The molecule has 32 heavy (non-hydrogen) atoms. The zero-order valence-electron chi connectivity index (χ0n) is 18.6. The first-order valence-corrected chi connectivity index (χ1v) is 11.2. The molecule has 0 aliphatic carbocycles. The molecule has 5 nitrogen and oxygen atoms in total. The molecule has 4 aromatic rings. The summed E-state index contributed by atoms with van der Waals surface area (Å²) in [6.07, 6.45) is 5.04. The van der Waals surface area contributed by atoms with E-state index in [1.807, 2.05) is 71.9 Å². The first-order chi connectivity index (χ1) is 15.4. The number of hydrogen-bond acceptors (Lipinski definition) is 3. The normalized spacial score (nSPS) is 13.1. The molecule has 6 heteroatoms. The molecule has 2 aromatic heterocycles. The zero-order valence-corrected chi connectivity index (χ0v) is 19.4. The van der Waals surface area contributed by atoms with Gasteiger partial charge >= 0.3 is 0 Å². The van der Waals surface area contributed by atoms with Crippen LogP contribution in [0.15, 0.2) is 73.1 Å². The lowest BCUT2D eigenvalue weighted by atomic mass is 9.78. The number of aromatic nitrogens is 3. The number of hydrogen-bond donors (Lipinski definition) is 0. The van der Waals surface area contributed by atoms with Gasteiger partial charge in [0.2, 0.25) is 5.91 Å².